The Labute approximate surface area is 118 Å². The van der Waals surface area contributed by atoms with Gasteiger partial charge in [0, 0.05) is 22.7 Å². The van der Waals surface area contributed by atoms with Crippen molar-refractivity contribution in [2.75, 3.05) is 5.32 Å². The molecule has 0 aliphatic rings. The monoisotopic (exact) mass is 285 g/mol. The first-order valence-corrected chi connectivity index (χ1v) is 6.86. The van der Waals surface area contributed by atoms with Crippen molar-refractivity contribution < 1.29 is 9.90 Å². The minimum absolute atomic E-state index is 0.174. The van der Waals surface area contributed by atoms with Gasteiger partial charge in [0.05, 0.1) is 23.3 Å². The Hall–Kier alpha value is -2.47. The van der Waals surface area contributed by atoms with Crippen LogP contribution < -0.4 is 5.32 Å². The number of nitrogens with zero attached hydrogens (tertiary/aromatic N) is 2. The van der Waals surface area contributed by atoms with E-state index >= 15 is 0 Å². The van der Waals surface area contributed by atoms with Crippen LogP contribution in [0.5, 0.6) is 0 Å². The van der Waals surface area contributed by atoms with Crippen LogP contribution in [0.3, 0.4) is 0 Å². The van der Waals surface area contributed by atoms with Crippen LogP contribution in [0.25, 0.3) is 10.9 Å². The number of thiazole rings is 1. The summed E-state index contributed by atoms with van der Waals surface area (Å²) >= 11 is 1.53. The maximum Gasteiger partial charge on any atom is 0.339 e. The third-order valence-corrected chi connectivity index (χ3v) is 3.71. The van der Waals surface area contributed by atoms with Crippen LogP contribution in [-0.4, -0.2) is 21.0 Å². The summed E-state index contributed by atoms with van der Waals surface area (Å²) in [5.41, 5.74) is 3.29. The second-order valence-corrected chi connectivity index (χ2v) is 5.16. The lowest BCUT2D eigenvalue weighted by atomic mass is 10.1. The van der Waals surface area contributed by atoms with Crippen LogP contribution in [0.4, 0.5) is 5.69 Å². The van der Waals surface area contributed by atoms with E-state index in [-0.39, 0.29) is 5.56 Å². The molecule has 0 saturated heterocycles. The molecule has 0 radical (unpaired) electrons. The summed E-state index contributed by atoms with van der Waals surface area (Å²) in [5, 5.41) is 13.3. The molecule has 0 bridgehead atoms. The first kappa shape index (κ1) is 12.6. The second-order valence-electron chi connectivity index (χ2n) is 4.19. The summed E-state index contributed by atoms with van der Waals surface area (Å²) in [5.74, 6) is -0.991. The molecule has 6 heteroatoms. The van der Waals surface area contributed by atoms with Crippen molar-refractivity contribution >= 4 is 33.9 Å². The van der Waals surface area contributed by atoms with E-state index in [1.807, 2.05) is 24.3 Å². The number of nitrogens with one attached hydrogen (secondary N) is 1. The summed E-state index contributed by atoms with van der Waals surface area (Å²) in [6.07, 6.45) is 3.15. The van der Waals surface area contributed by atoms with Crippen molar-refractivity contribution in [2.45, 2.75) is 6.54 Å². The maximum absolute atomic E-state index is 11.3. The largest absolute Gasteiger partial charge is 0.478 e. The van der Waals surface area contributed by atoms with E-state index in [9.17, 15) is 9.90 Å². The Morgan fingerprint density at radius 2 is 2.15 bits per heavy atom. The van der Waals surface area contributed by atoms with Gasteiger partial charge in [0.1, 0.15) is 5.56 Å². The van der Waals surface area contributed by atoms with Crippen molar-refractivity contribution in [3.05, 3.63) is 52.6 Å². The number of hydrogen-bond acceptors (Lipinski definition) is 5. The third kappa shape index (κ3) is 2.33. The Balaban J connectivity index is 2.05. The number of hydrogen-bond donors (Lipinski definition) is 2. The van der Waals surface area contributed by atoms with Crippen molar-refractivity contribution in [3.63, 3.8) is 0 Å². The number of carboxylic acids is 1. The van der Waals surface area contributed by atoms with E-state index in [0.29, 0.717) is 12.2 Å². The number of aromatic nitrogens is 2. The highest BCUT2D eigenvalue weighted by Gasteiger charge is 2.14. The van der Waals surface area contributed by atoms with Gasteiger partial charge in [-0.05, 0) is 6.07 Å². The van der Waals surface area contributed by atoms with E-state index in [0.717, 1.165) is 15.8 Å². The SMILES string of the molecule is O=C(O)c1cnc2ccccc2c1NCc1cncs1. The predicted molar refractivity (Wildman–Crippen MR) is 78.1 cm³/mol. The molecular formula is C14H11N3O2S. The summed E-state index contributed by atoms with van der Waals surface area (Å²) < 4.78 is 0. The van der Waals surface area contributed by atoms with Gasteiger partial charge in [0.2, 0.25) is 0 Å². The minimum atomic E-state index is -0.991. The maximum atomic E-state index is 11.3. The molecule has 2 aromatic heterocycles. The van der Waals surface area contributed by atoms with Gasteiger partial charge in [0.15, 0.2) is 0 Å². The summed E-state index contributed by atoms with van der Waals surface area (Å²) in [6, 6.07) is 7.47. The van der Waals surface area contributed by atoms with Gasteiger partial charge >= 0.3 is 5.97 Å². The van der Waals surface area contributed by atoms with E-state index in [1.54, 1.807) is 11.7 Å². The topological polar surface area (TPSA) is 75.1 Å². The number of pyridine rings is 1. The van der Waals surface area contributed by atoms with Crippen LogP contribution in [-0.2, 0) is 6.54 Å². The smallest absolute Gasteiger partial charge is 0.339 e. The summed E-state index contributed by atoms with van der Waals surface area (Å²) in [4.78, 5) is 20.6. The predicted octanol–water partition coefficient (Wildman–Crippen LogP) is 3.00. The molecule has 0 spiro atoms. The lowest BCUT2D eigenvalue weighted by Crippen LogP contribution is -2.07. The van der Waals surface area contributed by atoms with Crippen molar-refractivity contribution in [1.29, 1.82) is 0 Å². The van der Waals surface area contributed by atoms with E-state index in [1.165, 1.54) is 17.5 Å². The van der Waals surface area contributed by atoms with Crippen LogP contribution in [0.15, 0.2) is 42.2 Å². The van der Waals surface area contributed by atoms with Gasteiger partial charge in [0.25, 0.3) is 0 Å². The Bertz CT molecular complexity index is 756. The fourth-order valence-corrected chi connectivity index (χ4v) is 2.53. The highest BCUT2D eigenvalue weighted by Crippen LogP contribution is 2.26. The van der Waals surface area contributed by atoms with Gasteiger partial charge in [-0.25, -0.2) is 4.79 Å². The number of fused-ring (bicyclic) bond motifs is 1. The average Bonchev–Trinajstić information content (AvgIpc) is 2.97. The van der Waals surface area contributed by atoms with Crippen LogP contribution in [0, 0.1) is 0 Å². The number of para-hydroxylation sites is 1. The molecule has 5 nitrogen and oxygen atoms in total. The highest BCUT2D eigenvalue weighted by atomic mass is 32.1. The molecule has 3 rings (SSSR count). The molecule has 100 valence electrons. The van der Waals surface area contributed by atoms with E-state index in [4.69, 9.17) is 0 Å². The fraction of sp³-hybridized carbons (Fsp3) is 0.0714. The molecule has 3 aromatic rings. The number of anilines is 1. The number of rotatable bonds is 4. The van der Waals surface area contributed by atoms with Gasteiger partial charge < -0.3 is 10.4 Å². The molecule has 0 amide bonds. The Morgan fingerprint density at radius 1 is 1.30 bits per heavy atom. The lowest BCUT2D eigenvalue weighted by Gasteiger charge is -2.11. The summed E-state index contributed by atoms with van der Waals surface area (Å²) in [6.45, 7) is 0.541. The molecule has 20 heavy (non-hydrogen) atoms. The zero-order valence-electron chi connectivity index (χ0n) is 10.4. The number of carbonyl (C=O) groups is 1. The highest BCUT2D eigenvalue weighted by molar-refractivity contribution is 7.09. The van der Waals surface area contributed by atoms with Gasteiger partial charge in [-0.1, -0.05) is 18.2 Å². The van der Waals surface area contributed by atoms with Crippen molar-refractivity contribution in [3.8, 4) is 0 Å². The van der Waals surface area contributed by atoms with Crippen molar-refractivity contribution in [1.82, 2.24) is 9.97 Å². The fourth-order valence-electron chi connectivity index (χ4n) is 2.00. The molecular weight excluding hydrogens is 274 g/mol. The van der Waals surface area contributed by atoms with Gasteiger partial charge in [-0.3, -0.25) is 9.97 Å². The number of benzene rings is 1. The first-order valence-electron chi connectivity index (χ1n) is 5.98. The number of carboxylic acid groups (broad SMARTS) is 1. The van der Waals surface area contributed by atoms with Gasteiger partial charge in [-0.15, -0.1) is 11.3 Å². The molecule has 0 atom stereocenters. The molecule has 0 unspecified atom stereocenters. The molecule has 0 saturated carbocycles. The van der Waals surface area contributed by atoms with E-state index < -0.39 is 5.97 Å². The Morgan fingerprint density at radius 3 is 2.90 bits per heavy atom. The second kappa shape index (κ2) is 5.26. The van der Waals surface area contributed by atoms with Crippen LogP contribution in [0.1, 0.15) is 15.2 Å². The zero-order valence-corrected chi connectivity index (χ0v) is 11.2. The van der Waals surface area contributed by atoms with Gasteiger partial charge in [-0.2, -0.15) is 0 Å². The minimum Gasteiger partial charge on any atom is -0.478 e. The number of aromatic carboxylic acids is 1. The standard InChI is InChI=1S/C14H11N3O2S/c18-14(19)11-7-16-12-4-2-1-3-10(12)13(11)17-6-9-5-15-8-20-9/h1-5,7-8H,6H2,(H,16,17)(H,18,19). The lowest BCUT2D eigenvalue weighted by molar-refractivity contribution is 0.0697. The summed E-state index contributed by atoms with van der Waals surface area (Å²) in [7, 11) is 0. The normalized spacial score (nSPS) is 10.6. The van der Waals surface area contributed by atoms with Crippen molar-refractivity contribution in [2.24, 2.45) is 0 Å². The van der Waals surface area contributed by atoms with Crippen LogP contribution >= 0.6 is 11.3 Å². The molecule has 2 heterocycles. The molecule has 0 aliphatic heterocycles. The molecule has 0 aliphatic carbocycles. The average molecular weight is 285 g/mol. The molecule has 2 N–H and O–H groups in total. The Kier molecular flexibility index (Phi) is 3.30. The first-order chi connectivity index (χ1) is 9.75. The molecule has 1 aromatic carbocycles. The quantitative estimate of drug-likeness (QED) is 0.770. The third-order valence-electron chi connectivity index (χ3n) is 2.93. The van der Waals surface area contributed by atoms with Crippen LogP contribution in [0.2, 0.25) is 0 Å². The zero-order chi connectivity index (χ0) is 13.9. The molecule has 0 fully saturated rings. The van der Waals surface area contributed by atoms with E-state index in [2.05, 4.69) is 15.3 Å².